The highest BCUT2D eigenvalue weighted by Crippen LogP contribution is 2.39. The average molecular weight is 597 g/mol. The first kappa shape index (κ1) is 30.0. The number of likely N-dealkylation sites (tertiary alicyclic amines) is 1. The van der Waals surface area contributed by atoms with Gasteiger partial charge in [0, 0.05) is 12.1 Å². The summed E-state index contributed by atoms with van der Waals surface area (Å²) in [6, 6.07) is 9.58. The third-order valence-electron chi connectivity index (χ3n) is 6.47. The SMILES string of the molecule is CN1CCC(Nc2cccc3c(CC(F)(F)F)c(C#CCNc4ccc(S(N)(=O)=O)cc4OCCO)sc23)CC1. The summed E-state index contributed by atoms with van der Waals surface area (Å²) < 4.78 is 70.2. The van der Waals surface area contributed by atoms with E-state index in [-0.39, 0.29) is 42.0 Å². The van der Waals surface area contributed by atoms with Gasteiger partial charge in [0.05, 0.1) is 45.4 Å². The number of benzene rings is 2. The number of piperidine rings is 1. The molecule has 40 heavy (non-hydrogen) atoms. The highest BCUT2D eigenvalue weighted by Gasteiger charge is 2.31. The zero-order chi connectivity index (χ0) is 28.9. The minimum Gasteiger partial charge on any atom is -0.489 e. The van der Waals surface area contributed by atoms with Crippen LogP contribution >= 0.6 is 11.3 Å². The molecule has 0 unspecified atom stereocenters. The summed E-state index contributed by atoms with van der Waals surface area (Å²) in [7, 11) is -1.90. The van der Waals surface area contributed by atoms with Crippen LogP contribution in [0.5, 0.6) is 5.75 Å². The van der Waals surface area contributed by atoms with E-state index in [1.807, 2.05) is 6.07 Å². The van der Waals surface area contributed by atoms with Crippen molar-refractivity contribution in [1.29, 1.82) is 0 Å². The molecule has 3 aromatic rings. The molecule has 1 aliphatic rings. The Morgan fingerprint density at radius 2 is 1.95 bits per heavy atom. The number of hydrogen-bond donors (Lipinski definition) is 4. The van der Waals surface area contributed by atoms with Crippen molar-refractivity contribution < 1.29 is 31.4 Å². The minimum absolute atomic E-state index is 0.0462. The Balaban J connectivity index is 1.59. The van der Waals surface area contributed by atoms with Crippen LogP contribution in [0.25, 0.3) is 10.1 Å². The molecule has 0 radical (unpaired) electrons. The Labute approximate surface area is 235 Å². The topological polar surface area (TPSA) is 117 Å². The summed E-state index contributed by atoms with van der Waals surface area (Å²) in [6.07, 6.45) is -3.58. The van der Waals surface area contributed by atoms with Gasteiger partial charge in [-0.3, -0.25) is 0 Å². The highest BCUT2D eigenvalue weighted by atomic mass is 32.2. The molecule has 0 atom stereocenters. The van der Waals surface area contributed by atoms with E-state index in [1.165, 1.54) is 29.5 Å². The van der Waals surface area contributed by atoms with E-state index in [0.29, 0.717) is 16.0 Å². The number of aliphatic hydroxyl groups is 1. The summed E-state index contributed by atoms with van der Waals surface area (Å²) in [4.78, 5) is 2.43. The minimum atomic E-state index is -4.40. The van der Waals surface area contributed by atoms with Gasteiger partial charge in [-0.05, 0) is 62.1 Å². The van der Waals surface area contributed by atoms with Gasteiger partial charge in [-0.25, -0.2) is 13.6 Å². The lowest BCUT2D eigenvalue weighted by Crippen LogP contribution is -2.36. The smallest absolute Gasteiger partial charge is 0.393 e. The van der Waals surface area contributed by atoms with Crippen molar-refractivity contribution in [3.8, 4) is 17.6 Å². The number of nitrogens with one attached hydrogen (secondary N) is 2. The molecular formula is C27H31F3N4O4S2. The van der Waals surface area contributed by atoms with Gasteiger partial charge in [0.1, 0.15) is 12.4 Å². The molecule has 0 spiro atoms. The highest BCUT2D eigenvalue weighted by molar-refractivity contribution is 7.89. The molecule has 0 bridgehead atoms. The first-order valence-corrected chi connectivity index (χ1v) is 15.0. The fourth-order valence-corrected chi connectivity index (χ4v) is 6.20. The Hall–Kier alpha value is -3.02. The van der Waals surface area contributed by atoms with Crippen LogP contribution in [0.15, 0.2) is 41.3 Å². The maximum absolute atomic E-state index is 13.5. The largest absolute Gasteiger partial charge is 0.489 e. The van der Waals surface area contributed by atoms with E-state index >= 15 is 0 Å². The number of halogens is 3. The second-order valence-electron chi connectivity index (χ2n) is 9.54. The van der Waals surface area contributed by atoms with Crippen LogP contribution in [0.4, 0.5) is 24.5 Å². The third kappa shape index (κ3) is 7.80. The number of fused-ring (bicyclic) bond motifs is 1. The van der Waals surface area contributed by atoms with Crippen molar-refractivity contribution in [2.24, 2.45) is 5.14 Å². The Morgan fingerprint density at radius 1 is 1.20 bits per heavy atom. The lowest BCUT2D eigenvalue weighted by molar-refractivity contribution is -0.126. The molecule has 0 amide bonds. The van der Waals surface area contributed by atoms with Crippen molar-refractivity contribution in [3.63, 3.8) is 0 Å². The van der Waals surface area contributed by atoms with Crippen molar-refractivity contribution in [3.05, 3.63) is 46.8 Å². The molecule has 0 aliphatic carbocycles. The summed E-state index contributed by atoms with van der Waals surface area (Å²) >= 11 is 1.24. The number of thiophene rings is 1. The predicted molar refractivity (Wildman–Crippen MR) is 151 cm³/mol. The molecular weight excluding hydrogens is 565 g/mol. The summed E-state index contributed by atoms with van der Waals surface area (Å²) in [5, 5.41) is 21.3. The van der Waals surface area contributed by atoms with Crippen LogP contribution in [0.1, 0.15) is 23.3 Å². The maximum Gasteiger partial charge on any atom is 0.393 e. The fraction of sp³-hybridized carbons (Fsp3) is 0.407. The number of rotatable bonds is 9. The van der Waals surface area contributed by atoms with Crippen LogP contribution in [0.2, 0.25) is 0 Å². The van der Waals surface area contributed by atoms with Gasteiger partial charge in [-0.15, -0.1) is 11.3 Å². The number of nitrogens with zero attached hydrogens (tertiary/aromatic N) is 1. The van der Waals surface area contributed by atoms with Gasteiger partial charge >= 0.3 is 6.18 Å². The molecule has 8 nitrogen and oxygen atoms in total. The van der Waals surface area contributed by atoms with Crippen molar-refractivity contribution in [2.75, 3.05) is 50.5 Å². The molecule has 2 heterocycles. The number of ether oxygens (including phenoxy) is 1. The van der Waals surface area contributed by atoms with Crippen LogP contribution < -0.4 is 20.5 Å². The van der Waals surface area contributed by atoms with Crippen LogP contribution in [0, 0.1) is 11.8 Å². The van der Waals surface area contributed by atoms with Crippen molar-refractivity contribution >= 4 is 42.8 Å². The van der Waals surface area contributed by atoms with Gasteiger partial charge in [0.25, 0.3) is 0 Å². The number of anilines is 2. The van der Waals surface area contributed by atoms with Gasteiger partial charge in [0.2, 0.25) is 10.0 Å². The third-order valence-corrected chi connectivity index (χ3v) is 8.58. The molecule has 1 aliphatic heterocycles. The second-order valence-corrected chi connectivity index (χ2v) is 12.1. The molecule has 1 saturated heterocycles. The summed E-state index contributed by atoms with van der Waals surface area (Å²) in [6.45, 7) is 1.59. The van der Waals surface area contributed by atoms with Crippen LogP contribution in [-0.2, 0) is 16.4 Å². The van der Waals surface area contributed by atoms with Crippen molar-refractivity contribution in [2.45, 2.75) is 36.4 Å². The predicted octanol–water partition coefficient (Wildman–Crippen LogP) is 3.99. The van der Waals surface area contributed by atoms with Gasteiger partial charge < -0.3 is 25.4 Å². The van der Waals surface area contributed by atoms with Crippen molar-refractivity contribution in [1.82, 2.24) is 4.90 Å². The van der Waals surface area contributed by atoms with Gasteiger partial charge in [-0.2, -0.15) is 13.2 Å². The fourth-order valence-electron chi connectivity index (χ4n) is 4.50. The number of nitrogens with two attached hydrogens (primary N) is 1. The molecule has 2 aromatic carbocycles. The molecule has 0 saturated carbocycles. The van der Waals surface area contributed by atoms with E-state index in [2.05, 4.69) is 34.4 Å². The molecule has 5 N–H and O–H groups in total. The summed E-state index contributed by atoms with van der Waals surface area (Å²) in [5.74, 6) is 5.93. The number of primary sulfonamides is 1. The monoisotopic (exact) mass is 596 g/mol. The molecule has 1 fully saturated rings. The Kier molecular flexibility index (Phi) is 9.48. The van der Waals surface area contributed by atoms with Crippen LogP contribution in [-0.4, -0.2) is 70.5 Å². The number of sulfonamides is 1. The Morgan fingerprint density at radius 3 is 2.62 bits per heavy atom. The van der Waals surface area contributed by atoms with Gasteiger partial charge in [0.15, 0.2) is 0 Å². The van der Waals surface area contributed by atoms with E-state index in [0.717, 1.165) is 36.3 Å². The van der Waals surface area contributed by atoms with E-state index in [1.54, 1.807) is 12.1 Å². The standard InChI is InChI=1S/C27H31F3N4O4S2/c1-34-12-9-18(10-13-34)33-23-5-2-4-20-21(17-27(28,29)30)25(39-26(20)23)6-3-11-32-22-8-7-19(40(31,36)37)16-24(22)38-15-14-35/h2,4-5,7-8,16,18,32-33,35H,9-15,17H2,1H3,(H2,31,36,37). The quantitative estimate of drug-likeness (QED) is 0.276. The first-order valence-electron chi connectivity index (χ1n) is 12.6. The van der Waals surface area contributed by atoms with Gasteiger partial charge in [-0.1, -0.05) is 24.0 Å². The number of aliphatic hydroxyl groups excluding tert-OH is 1. The lowest BCUT2D eigenvalue weighted by Gasteiger charge is -2.30. The number of hydrogen-bond acceptors (Lipinski definition) is 8. The maximum atomic E-state index is 13.5. The van der Waals surface area contributed by atoms with E-state index < -0.39 is 22.6 Å². The number of alkyl halides is 3. The summed E-state index contributed by atoms with van der Waals surface area (Å²) in [5.41, 5.74) is 1.36. The molecule has 216 valence electrons. The first-order chi connectivity index (χ1) is 18.9. The van der Waals surface area contributed by atoms with E-state index in [4.69, 9.17) is 15.0 Å². The Bertz CT molecular complexity index is 1510. The zero-order valence-corrected chi connectivity index (χ0v) is 23.5. The lowest BCUT2D eigenvalue weighted by atomic mass is 10.0. The molecule has 1 aromatic heterocycles. The average Bonchev–Trinajstić information content (AvgIpc) is 3.23. The molecule has 4 rings (SSSR count). The van der Waals surface area contributed by atoms with Crippen LogP contribution in [0.3, 0.4) is 0 Å². The second kappa shape index (κ2) is 12.7. The van der Waals surface area contributed by atoms with E-state index in [9.17, 15) is 21.6 Å². The molecule has 13 heteroatoms. The normalized spacial score (nSPS) is 15.1. The zero-order valence-electron chi connectivity index (χ0n) is 21.8.